The maximum absolute atomic E-state index is 13.3. The minimum atomic E-state index is -0.0132. The van der Waals surface area contributed by atoms with Crippen LogP contribution in [0.2, 0.25) is 0 Å². The largest absolute Gasteiger partial charge is 0.342 e. The molecule has 5 aromatic rings. The number of aromatic nitrogens is 5. The lowest BCUT2D eigenvalue weighted by Crippen LogP contribution is -2.28. The van der Waals surface area contributed by atoms with E-state index in [1.165, 1.54) is 4.88 Å². The standard InChI is InChI=1S/C26H26N6OS/c1-18-14-22(23-16-27-32(25(23)28-18)17-21-11-7-13-34-21)26(33)31(2)12-6-10-20-15-24(30-29-20)19-8-4-3-5-9-19/h3-5,7-9,11,13-16H,6,10,12,17H2,1-2H3,(H,29,30). The van der Waals surface area contributed by atoms with Gasteiger partial charge in [-0.15, -0.1) is 11.3 Å². The number of amides is 1. The Hall–Kier alpha value is -3.78. The van der Waals surface area contributed by atoms with Crippen LogP contribution in [0.25, 0.3) is 22.3 Å². The molecule has 5 rings (SSSR count). The fourth-order valence-corrected chi connectivity index (χ4v) is 4.76. The van der Waals surface area contributed by atoms with Crippen molar-refractivity contribution >= 4 is 28.3 Å². The molecule has 0 atom stereocenters. The minimum absolute atomic E-state index is 0.0132. The van der Waals surface area contributed by atoms with E-state index in [1.54, 1.807) is 22.4 Å². The van der Waals surface area contributed by atoms with E-state index >= 15 is 0 Å². The smallest absolute Gasteiger partial charge is 0.254 e. The second kappa shape index (κ2) is 9.61. The van der Waals surface area contributed by atoms with Crippen molar-refractivity contribution in [2.75, 3.05) is 13.6 Å². The summed E-state index contributed by atoms with van der Waals surface area (Å²) in [7, 11) is 1.85. The second-order valence-corrected chi connectivity index (χ2v) is 9.44. The lowest BCUT2D eigenvalue weighted by molar-refractivity contribution is 0.0795. The van der Waals surface area contributed by atoms with E-state index in [-0.39, 0.29) is 5.91 Å². The third-order valence-corrected chi connectivity index (χ3v) is 6.70. The highest BCUT2D eigenvalue weighted by molar-refractivity contribution is 7.09. The predicted octanol–water partition coefficient (Wildman–Crippen LogP) is 4.94. The van der Waals surface area contributed by atoms with Gasteiger partial charge in [0.05, 0.1) is 29.4 Å². The van der Waals surface area contributed by atoms with Crippen molar-refractivity contribution in [1.29, 1.82) is 0 Å². The van der Waals surface area contributed by atoms with Gasteiger partial charge in [-0.3, -0.25) is 9.89 Å². The highest BCUT2D eigenvalue weighted by Gasteiger charge is 2.19. The van der Waals surface area contributed by atoms with E-state index < -0.39 is 0 Å². The van der Waals surface area contributed by atoms with Crippen molar-refractivity contribution in [1.82, 2.24) is 29.9 Å². The number of aryl methyl sites for hydroxylation is 2. The number of thiophene rings is 1. The first kappa shape index (κ1) is 22.0. The molecule has 0 radical (unpaired) electrons. The number of hydrogen-bond donors (Lipinski definition) is 1. The zero-order valence-corrected chi connectivity index (χ0v) is 20.0. The zero-order valence-electron chi connectivity index (χ0n) is 19.2. The number of benzene rings is 1. The van der Waals surface area contributed by atoms with Gasteiger partial charge in [-0.2, -0.15) is 10.2 Å². The van der Waals surface area contributed by atoms with Crippen LogP contribution in [0.15, 0.2) is 66.2 Å². The summed E-state index contributed by atoms with van der Waals surface area (Å²) in [4.78, 5) is 21.0. The Morgan fingerprint density at radius 2 is 2.00 bits per heavy atom. The number of carbonyl (C=O) groups is 1. The molecule has 0 aliphatic heterocycles. The molecule has 0 aliphatic carbocycles. The summed E-state index contributed by atoms with van der Waals surface area (Å²) in [5, 5.41) is 14.9. The molecule has 0 fully saturated rings. The molecule has 8 heteroatoms. The molecule has 7 nitrogen and oxygen atoms in total. The average Bonchev–Trinajstić information content (AvgIpc) is 3.61. The number of carbonyl (C=O) groups excluding carboxylic acids is 1. The molecule has 0 saturated carbocycles. The van der Waals surface area contributed by atoms with Gasteiger partial charge < -0.3 is 4.90 Å². The predicted molar refractivity (Wildman–Crippen MR) is 135 cm³/mol. The molecule has 34 heavy (non-hydrogen) atoms. The van der Waals surface area contributed by atoms with E-state index in [2.05, 4.69) is 37.8 Å². The molecule has 4 aromatic heterocycles. The highest BCUT2D eigenvalue weighted by Crippen LogP contribution is 2.22. The molecule has 0 aliphatic rings. The molecular weight excluding hydrogens is 444 g/mol. The summed E-state index contributed by atoms with van der Waals surface area (Å²) < 4.78 is 1.87. The third kappa shape index (κ3) is 4.63. The Balaban J connectivity index is 1.26. The van der Waals surface area contributed by atoms with Gasteiger partial charge in [0.15, 0.2) is 5.65 Å². The first-order chi connectivity index (χ1) is 16.6. The maximum Gasteiger partial charge on any atom is 0.254 e. The number of fused-ring (bicyclic) bond motifs is 1. The SMILES string of the molecule is Cc1cc(C(=O)N(C)CCCc2cc(-c3ccccc3)n[nH]2)c2cnn(Cc3cccs3)c2n1. The van der Waals surface area contributed by atoms with Crippen LogP contribution >= 0.6 is 11.3 Å². The zero-order chi connectivity index (χ0) is 23.5. The van der Waals surface area contributed by atoms with Crippen LogP contribution in [0.1, 0.15) is 33.0 Å². The third-order valence-electron chi connectivity index (χ3n) is 5.84. The fourth-order valence-electron chi connectivity index (χ4n) is 4.08. The summed E-state index contributed by atoms with van der Waals surface area (Å²) in [5.41, 5.74) is 5.30. The van der Waals surface area contributed by atoms with Crippen LogP contribution in [0.3, 0.4) is 0 Å². The quantitative estimate of drug-likeness (QED) is 0.348. The molecule has 172 valence electrons. The van der Waals surface area contributed by atoms with Crippen LogP contribution in [0.5, 0.6) is 0 Å². The Morgan fingerprint density at radius 3 is 2.79 bits per heavy atom. The lowest BCUT2D eigenvalue weighted by atomic mass is 10.1. The van der Waals surface area contributed by atoms with Crippen LogP contribution in [-0.2, 0) is 13.0 Å². The number of H-pyrrole nitrogens is 1. The number of nitrogens with one attached hydrogen (secondary N) is 1. The summed E-state index contributed by atoms with van der Waals surface area (Å²) in [5.74, 6) is -0.0132. The molecule has 0 bridgehead atoms. The van der Waals surface area contributed by atoms with Crippen LogP contribution < -0.4 is 0 Å². The average molecular weight is 471 g/mol. The van der Waals surface area contributed by atoms with Crippen molar-refractivity contribution < 1.29 is 4.79 Å². The Bertz CT molecular complexity index is 1400. The summed E-state index contributed by atoms with van der Waals surface area (Å²) in [6.07, 6.45) is 3.41. The molecular formula is C26H26N6OS. The highest BCUT2D eigenvalue weighted by atomic mass is 32.1. The maximum atomic E-state index is 13.3. The van der Waals surface area contributed by atoms with Crippen LogP contribution in [0, 0.1) is 6.92 Å². The molecule has 0 saturated heterocycles. The Labute approximate surface area is 202 Å². The number of pyridine rings is 1. The molecule has 0 unspecified atom stereocenters. The van der Waals surface area contributed by atoms with E-state index in [0.29, 0.717) is 18.7 Å². The van der Waals surface area contributed by atoms with Gasteiger partial charge in [0, 0.05) is 35.4 Å². The van der Waals surface area contributed by atoms with Crippen molar-refractivity contribution in [3.05, 3.63) is 88.0 Å². The van der Waals surface area contributed by atoms with E-state index in [9.17, 15) is 4.79 Å². The first-order valence-corrected chi connectivity index (χ1v) is 12.2. The molecule has 1 amide bonds. The first-order valence-electron chi connectivity index (χ1n) is 11.3. The van der Waals surface area contributed by atoms with Crippen molar-refractivity contribution in [3.8, 4) is 11.3 Å². The number of aromatic amines is 1. The van der Waals surface area contributed by atoms with E-state index in [4.69, 9.17) is 0 Å². The van der Waals surface area contributed by atoms with Crippen molar-refractivity contribution in [2.24, 2.45) is 0 Å². The van der Waals surface area contributed by atoms with Gasteiger partial charge in [-0.1, -0.05) is 36.4 Å². The van der Waals surface area contributed by atoms with Gasteiger partial charge in [0.25, 0.3) is 5.91 Å². The fraction of sp³-hybridized carbons (Fsp3) is 0.231. The van der Waals surface area contributed by atoms with Gasteiger partial charge in [0.2, 0.25) is 0 Å². The summed E-state index contributed by atoms with van der Waals surface area (Å²) in [6, 6.07) is 18.2. The molecule has 4 heterocycles. The number of hydrogen-bond acceptors (Lipinski definition) is 5. The Kier molecular flexibility index (Phi) is 6.22. The lowest BCUT2D eigenvalue weighted by Gasteiger charge is -2.17. The topological polar surface area (TPSA) is 79.7 Å². The normalized spacial score (nSPS) is 11.2. The molecule has 0 spiro atoms. The van der Waals surface area contributed by atoms with Crippen LogP contribution in [0.4, 0.5) is 0 Å². The monoisotopic (exact) mass is 470 g/mol. The molecule has 1 N–H and O–H groups in total. The molecule has 1 aromatic carbocycles. The number of nitrogens with zero attached hydrogens (tertiary/aromatic N) is 5. The van der Waals surface area contributed by atoms with E-state index in [0.717, 1.165) is 46.5 Å². The van der Waals surface area contributed by atoms with Gasteiger partial charge in [0.1, 0.15) is 0 Å². The van der Waals surface area contributed by atoms with E-state index in [1.807, 2.05) is 61.1 Å². The van der Waals surface area contributed by atoms with Gasteiger partial charge in [-0.25, -0.2) is 9.67 Å². The van der Waals surface area contributed by atoms with Crippen LogP contribution in [-0.4, -0.2) is 49.4 Å². The summed E-state index contributed by atoms with van der Waals surface area (Å²) >= 11 is 1.69. The van der Waals surface area contributed by atoms with Gasteiger partial charge >= 0.3 is 0 Å². The Morgan fingerprint density at radius 1 is 1.15 bits per heavy atom. The summed E-state index contributed by atoms with van der Waals surface area (Å²) in [6.45, 7) is 3.21. The van der Waals surface area contributed by atoms with Crippen molar-refractivity contribution in [3.63, 3.8) is 0 Å². The second-order valence-electron chi connectivity index (χ2n) is 8.40. The number of rotatable bonds is 8. The van der Waals surface area contributed by atoms with Crippen molar-refractivity contribution in [2.45, 2.75) is 26.3 Å². The van der Waals surface area contributed by atoms with Gasteiger partial charge in [-0.05, 0) is 43.3 Å². The minimum Gasteiger partial charge on any atom is -0.342 e.